The third kappa shape index (κ3) is 4.74. The first kappa shape index (κ1) is 21.0. The number of aromatic nitrogens is 2. The number of anilines is 3. The largest absolute Gasteiger partial charge is 0.382 e. The molecule has 1 aromatic carbocycles. The summed E-state index contributed by atoms with van der Waals surface area (Å²) < 4.78 is 18.1. The van der Waals surface area contributed by atoms with Crippen molar-refractivity contribution in [3.05, 3.63) is 52.5 Å². The molecule has 1 saturated carbocycles. The van der Waals surface area contributed by atoms with Crippen LogP contribution in [0.3, 0.4) is 0 Å². The van der Waals surface area contributed by atoms with E-state index in [1.165, 1.54) is 18.2 Å². The first-order chi connectivity index (χ1) is 14.7. The van der Waals surface area contributed by atoms with Crippen LogP contribution in [-0.2, 0) is 0 Å². The lowest BCUT2D eigenvalue weighted by atomic mass is 9.92. The van der Waals surface area contributed by atoms with Crippen LogP contribution in [0.5, 0.6) is 0 Å². The zero-order valence-corrected chi connectivity index (χ0v) is 17.9. The molecule has 1 fully saturated rings. The van der Waals surface area contributed by atoms with Crippen molar-refractivity contribution in [1.29, 1.82) is 0 Å². The molecule has 0 radical (unpaired) electrons. The number of carbonyl (C=O) groups is 2. The molecule has 1 aliphatic rings. The number of halogens is 1. The van der Waals surface area contributed by atoms with Gasteiger partial charge < -0.3 is 20.9 Å². The molecule has 4 rings (SSSR count). The van der Waals surface area contributed by atoms with Crippen LogP contribution in [0.4, 0.5) is 21.0 Å². The molecule has 1 atom stereocenters. The second kappa shape index (κ2) is 8.10. The Morgan fingerprint density at radius 2 is 2.03 bits per heavy atom. The number of carbonyl (C=O) groups excluding carboxylic acids is 2. The first-order valence-corrected chi connectivity index (χ1v) is 10.6. The zero-order valence-electron chi connectivity index (χ0n) is 17.1. The summed E-state index contributed by atoms with van der Waals surface area (Å²) in [5.41, 5.74) is 6.74. The fourth-order valence-corrected chi connectivity index (χ4v) is 4.47. The topological polar surface area (TPSA) is 123 Å². The van der Waals surface area contributed by atoms with Gasteiger partial charge in [-0.1, -0.05) is 30.3 Å². The highest BCUT2D eigenvalue weighted by molar-refractivity contribution is 7.18. The number of hydrogen-bond donors (Lipinski definition) is 3. The second-order valence-corrected chi connectivity index (χ2v) is 9.35. The van der Waals surface area contributed by atoms with Crippen LogP contribution in [0, 0.1) is 11.2 Å². The van der Waals surface area contributed by atoms with Crippen molar-refractivity contribution in [1.82, 2.24) is 15.5 Å². The molecule has 1 unspecified atom stereocenters. The van der Waals surface area contributed by atoms with E-state index in [0.717, 1.165) is 30.6 Å². The van der Waals surface area contributed by atoms with Gasteiger partial charge in [-0.3, -0.25) is 9.59 Å². The Labute approximate surface area is 182 Å². The van der Waals surface area contributed by atoms with Crippen LogP contribution < -0.4 is 16.4 Å². The maximum atomic E-state index is 13.0. The van der Waals surface area contributed by atoms with Crippen molar-refractivity contribution in [3.8, 4) is 0 Å². The summed E-state index contributed by atoms with van der Waals surface area (Å²) in [5.74, 6) is -1.32. The Balaban J connectivity index is 1.44. The molecule has 1 amide bonds. The highest BCUT2D eigenvalue weighted by Gasteiger charge is 2.32. The molecule has 0 bridgehead atoms. The highest BCUT2D eigenvalue weighted by atomic mass is 32.1. The van der Waals surface area contributed by atoms with Crippen LogP contribution in [0.25, 0.3) is 0 Å². The van der Waals surface area contributed by atoms with Gasteiger partial charge in [0.2, 0.25) is 11.5 Å². The number of amides is 1. The number of hydrogen-bond acceptors (Lipinski definition) is 8. The molecular formula is C21H22FN5O3S. The molecular weight excluding hydrogens is 421 g/mol. The molecule has 2 heterocycles. The van der Waals surface area contributed by atoms with E-state index < -0.39 is 5.78 Å². The smallest absolute Gasteiger partial charge is 0.273 e. The molecule has 0 saturated heterocycles. The van der Waals surface area contributed by atoms with Gasteiger partial charge in [-0.2, -0.15) is 0 Å². The number of nitrogen functional groups attached to an aromatic ring is 1. The Morgan fingerprint density at radius 3 is 2.71 bits per heavy atom. The number of rotatable bonds is 6. The summed E-state index contributed by atoms with van der Waals surface area (Å²) in [5, 5.41) is 10.0. The number of nitrogens with zero attached hydrogens (tertiary/aromatic N) is 2. The molecule has 8 nitrogen and oxygen atoms in total. The van der Waals surface area contributed by atoms with Gasteiger partial charge in [0.05, 0.1) is 0 Å². The maximum Gasteiger partial charge on any atom is 0.273 e. The van der Waals surface area contributed by atoms with E-state index in [2.05, 4.69) is 34.6 Å². The van der Waals surface area contributed by atoms with Crippen molar-refractivity contribution in [3.63, 3.8) is 0 Å². The van der Waals surface area contributed by atoms with Crippen molar-refractivity contribution in [2.45, 2.75) is 39.2 Å². The summed E-state index contributed by atoms with van der Waals surface area (Å²) in [6.07, 6.45) is 2.84. The number of thiazole rings is 1. The molecule has 4 N–H and O–H groups in total. The fourth-order valence-electron chi connectivity index (χ4n) is 3.62. The first-order valence-electron chi connectivity index (χ1n) is 9.81. The molecule has 0 aliphatic heterocycles. The lowest BCUT2D eigenvalue weighted by Gasteiger charge is -2.17. The number of benzene rings is 1. The Kier molecular flexibility index (Phi) is 5.48. The summed E-state index contributed by atoms with van der Waals surface area (Å²) in [7, 11) is 0. The lowest BCUT2D eigenvalue weighted by molar-refractivity contribution is 0.0923. The minimum absolute atomic E-state index is 0.0233. The minimum atomic E-state index is -0.518. The minimum Gasteiger partial charge on any atom is -0.382 e. The standard InChI is InChI=1S/C21H22FN5O3S/c1-21(2)8-7-13(10-21)24-19(29)14-9-15(30-27-14)16(28)17-18(23)26-20(31-17)25-12-5-3-11(22)4-6-12/h3-6,9,13H,7-8,10,23H2,1-2H3,(H,24,29)(H,25,26). The molecule has 31 heavy (non-hydrogen) atoms. The van der Waals surface area contributed by atoms with E-state index in [-0.39, 0.29) is 45.3 Å². The molecule has 2 aromatic heterocycles. The van der Waals surface area contributed by atoms with E-state index in [4.69, 9.17) is 10.3 Å². The highest BCUT2D eigenvalue weighted by Crippen LogP contribution is 2.37. The van der Waals surface area contributed by atoms with Gasteiger partial charge in [0.1, 0.15) is 16.5 Å². The Morgan fingerprint density at radius 1 is 1.29 bits per heavy atom. The van der Waals surface area contributed by atoms with Gasteiger partial charge in [0.25, 0.3) is 5.91 Å². The van der Waals surface area contributed by atoms with Crippen LogP contribution in [0.1, 0.15) is 59.0 Å². The summed E-state index contributed by atoms with van der Waals surface area (Å²) in [6.45, 7) is 4.34. The molecule has 0 spiro atoms. The SMILES string of the molecule is CC1(C)CCC(NC(=O)c2cc(C(=O)c3sc(Nc4ccc(F)cc4)nc3N)on2)C1. The normalized spacial score (nSPS) is 17.5. The zero-order chi connectivity index (χ0) is 22.2. The second-order valence-electron chi connectivity index (χ2n) is 8.35. The van der Waals surface area contributed by atoms with Gasteiger partial charge in [-0.15, -0.1) is 0 Å². The van der Waals surface area contributed by atoms with E-state index in [0.29, 0.717) is 10.8 Å². The Hall–Kier alpha value is -3.27. The van der Waals surface area contributed by atoms with E-state index >= 15 is 0 Å². The average molecular weight is 444 g/mol. The summed E-state index contributed by atoms with van der Waals surface area (Å²) in [4.78, 5) is 29.5. The van der Waals surface area contributed by atoms with Crippen molar-refractivity contribution in [2.24, 2.45) is 5.41 Å². The molecule has 162 valence electrons. The maximum absolute atomic E-state index is 13.0. The predicted molar refractivity (Wildman–Crippen MR) is 115 cm³/mol. The van der Waals surface area contributed by atoms with Gasteiger partial charge in [0.15, 0.2) is 10.8 Å². The summed E-state index contributed by atoms with van der Waals surface area (Å²) >= 11 is 1.03. The monoisotopic (exact) mass is 443 g/mol. The number of nitrogens with two attached hydrogens (primary N) is 1. The van der Waals surface area contributed by atoms with Crippen LogP contribution in [0.15, 0.2) is 34.9 Å². The lowest BCUT2D eigenvalue weighted by Crippen LogP contribution is -2.33. The predicted octanol–water partition coefficient (Wildman–Crippen LogP) is 4.14. The van der Waals surface area contributed by atoms with Gasteiger partial charge >= 0.3 is 0 Å². The van der Waals surface area contributed by atoms with Crippen LogP contribution in [-0.4, -0.2) is 27.9 Å². The van der Waals surface area contributed by atoms with Gasteiger partial charge in [-0.25, -0.2) is 9.37 Å². The molecule has 10 heteroatoms. The van der Waals surface area contributed by atoms with Crippen molar-refractivity contribution < 1.29 is 18.5 Å². The third-order valence-electron chi connectivity index (χ3n) is 5.23. The summed E-state index contributed by atoms with van der Waals surface area (Å²) in [6, 6.07) is 7.08. The van der Waals surface area contributed by atoms with Crippen molar-refractivity contribution >= 4 is 39.7 Å². The van der Waals surface area contributed by atoms with Gasteiger partial charge in [-0.05, 0) is 48.9 Å². The van der Waals surface area contributed by atoms with Crippen LogP contribution in [0.2, 0.25) is 0 Å². The van der Waals surface area contributed by atoms with E-state index in [1.54, 1.807) is 12.1 Å². The average Bonchev–Trinajstić information content (AvgIpc) is 3.42. The fraction of sp³-hybridized carbons (Fsp3) is 0.333. The third-order valence-corrected chi connectivity index (χ3v) is 6.21. The molecule has 1 aliphatic carbocycles. The van der Waals surface area contributed by atoms with E-state index in [1.807, 2.05) is 0 Å². The van der Waals surface area contributed by atoms with Crippen molar-refractivity contribution in [2.75, 3.05) is 11.1 Å². The molecule has 3 aromatic rings. The van der Waals surface area contributed by atoms with Crippen LogP contribution >= 0.6 is 11.3 Å². The quantitative estimate of drug-likeness (QED) is 0.489. The number of ketones is 1. The van der Waals surface area contributed by atoms with Gasteiger partial charge in [0, 0.05) is 17.8 Å². The Bertz CT molecular complexity index is 1120. The van der Waals surface area contributed by atoms with E-state index in [9.17, 15) is 14.0 Å². The number of nitrogens with one attached hydrogen (secondary N) is 2.